The summed E-state index contributed by atoms with van der Waals surface area (Å²) in [6.45, 7) is 3.61. The van der Waals surface area contributed by atoms with E-state index in [2.05, 4.69) is 17.2 Å². The van der Waals surface area contributed by atoms with Gasteiger partial charge in [-0.3, -0.25) is 15.1 Å². The molecule has 0 radical (unpaired) electrons. The summed E-state index contributed by atoms with van der Waals surface area (Å²) < 4.78 is 5.14. The number of nitrogens with one attached hydrogen (secondary N) is 1. The van der Waals surface area contributed by atoms with Crippen molar-refractivity contribution in [1.29, 1.82) is 0 Å². The first kappa shape index (κ1) is 14.5. The Kier molecular flexibility index (Phi) is 6.24. The van der Waals surface area contributed by atoms with Gasteiger partial charge in [0.15, 0.2) is 0 Å². The molecule has 100 valence electrons. The molecule has 6 heteroatoms. The standard InChI is InChI=1S/C12H19N3O3/c1-3-6-13-11(9-18-2)7-10-4-5-12(8-14-10)15(16)17/h4-5,8,11,13H,3,6-7,9H2,1-2H3. The van der Waals surface area contributed by atoms with E-state index in [1.165, 1.54) is 12.3 Å². The zero-order valence-electron chi connectivity index (χ0n) is 10.8. The van der Waals surface area contributed by atoms with Crippen LogP contribution in [0.5, 0.6) is 0 Å². The molecule has 1 heterocycles. The van der Waals surface area contributed by atoms with E-state index in [9.17, 15) is 10.1 Å². The molecule has 0 saturated heterocycles. The normalized spacial score (nSPS) is 12.3. The second-order valence-electron chi connectivity index (χ2n) is 4.08. The second kappa shape index (κ2) is 7.73. The van der Waals surface area contributed by atoms with Crippen LogP contribution in [-0.2, 0) is 11.2 Å². The number of nitrogens with zero attached hydrogens (tertiary/aromatic N) is 2. The fourth-order valence-electron chi connectivity index (χ4n) is 1.64. The Balaban J connectivity index is 2.59. The van der Waals surface area contributed by atoms with E-state index < -0.39 is 4.92 Å². The van der Waals surface area contributed by atoms with Crippen molar-refractivity contribution < 1.29 is 9.66 Å². The van der Waals surface area contributed by atoms with Gasteiger partial charge in [0.25, 0.3) is 5.69 Å². The number of pyridine rings is 1. The van der Waals surface area contributed by atoms with Gasteiger partial charge in [-0.2, -0.15) is 0 Å². The van der Waals surface area contributed by atoms with Gasteiger partial charge >= 0.3 is 0 Å². The molecule has 0 spiro atoms. The SMILES string of the molecule is CCCNC(COC)Cc1ccc([N+](=O)[O-])cn1. The van der Waals surface area contributed by atoms with Crippen molar-refractivity contribution in [1.82, 2.24) is 10.3 Å². The van der Waals surface area contributed by atoms with E-state index in [1.807, 2.05) is 0 Å². The first-order chi connectivity index (χ1) is 8.67. The lowest BCUT2D eigenvalue weighted by atomic mass is 10.1. The zero-order valence-corrected chi connectivity index (χ0v) is 10.8. The van der Waals surface area contributed by atoms with Crippen LogP contribution < -0.4 is 5.32 Å². The molecule has 1 rings (SSSR count). The third-order valence-electron chi connectivity index (χ3n) is 2.53. The van der Waals surface area contributed by atoms with Crippen LogP contribution in [-0.4, -0.2) is 36.2 Å². The van der Waals surface area contributed by atoms with Crippen molar-refractivity contribution in [3.05, 3.63) is 34.1 Å². The maximum absolute atomic E-state index is 10.5. The maximum atomic E-state index is 10.5. The lowest BCUT2D eigenvalue weighted by Gasteiger charge is -2.16. The minimum atomic E-state index is -0.446. The van der Waals surface area contributed by atoms with Crippen molar-refractivity contribution in [2.75, 3.05) is 20.3 Å². The number of hydrogen-bond donors (Lipinski definition) is 1. The molecule has 0 aromatic carbocycles. The van der Waals surface area contributed by atoms with Gasteiger partial charge in [0.05, 0.1) is 11.5 Å². The Morgan fingerprint density at radius 1 is 1.56 bits per heavy atom. The monoisotopic (exact) mass is 253 g/mol. The van der Waals surface area contributed by atoms with Gasteiger partial charge in [-0.1, -0.05) is 6.92 Å². The quantitative estimate of drug-likeness (QED) is 0.561. The first-order valence-electron chi connectivity index (χ1n) is 5.99. The Labute approximate surface area is 107 Å². The third-order valence-corrected chi connectivity index (χ3v) is 2.53. The Morgan fingerprint density at radius 2 is 2.33 bits per heavy atom. The van der Waals surface area contributed by atoms with E-state index in [0.29, 0.717) is 13.0 Å². The highest BCUT2D eigenvalue weighted by atomic mass is 16.6. The van der Waals surface area contributed by atoms with Crippen molar-refractivity contribution in [2.24, 2.45) is 0 Å². The highest BCUT2D eigenvalue weighted by molar-refractivity contribution is 5.26. The van der Waals surface area contributed by atoms with Crippen LogP contribution in [0.15, 0.2) is 18.3 Å². The Bertz CT molecular complexity index is 367. The molecular weight excluding hydrogens is 234 g/mol. The van der Waals surface area contributed by atoms with Gasteiger partial charge in [0.2, 0.25) is 0 Å². The molecule has 1 aromatic heterocycles. The number of methoxy groups -OCH3 is 1. The molecule has 18 heavy (non-hydrogen) atoms. The smallest absolute Gasteiger partial charge is 0.287 e. The molecule has 0 bridgehead atoms. The zero-order chi connectivity index (χ0) is 13.4. The predicted octanol–water partition coefficient (Wildman–Crippen LogP) is 1.55. The second-order valence-corrected chi connectivity index (χ2v) is 4.08. The molecule has 1 atom stereocenters. The maximum Gasteiger partial charge on any atom is 0.287 e. The van der Waals surface area contributed by atoms with Crippen LogP contribution in [0.4, 0.5) is 5.69 Å². The first-order valence-corrected chi connectivity index (χ1v) is 5.99. The fourth-order valence-corrected chi connectivity index (χ4v) is 1.64. The topological polar surface area (TPSA) is 77.3 Å². The molecule has 0 aliphatic carbocycles. The summed E-state index contributed by atoms with van der Waals surface area (Å²) in [6.07, 6.45) is 3.04. The Morgan fingerprint density at radius 3 is 2.83 bits per heavy atom. The highest BCUT2D eigenvalue weighted by Gasteiger charge is 2.11. The summed E-state index contributed by atoms with van der Waals surface area (Å²) in [5.41, 5.74) is 0.842. The highest BCUT2D eigenvalue weighted by Crippen LogP contribution is 2.10. The van der Waals surface area contributed by atoms with Crippen molar-refractivity contribution in [3.8, 4) is 0 Å². The largest absolute Gasteiger partial charge is 0.383 e. The van der Waals surface area contributed by atoms with Crippen molar-refractivity contribution in [3.63, 3.8) is 0 Å². The number of aromatic nitrogens is 1. The van der Waals surface area contributed by atoms with Crippen LogP contribution in [0, 0.1) is 10.1 Å². The summed E-state index contributed by atoms with van der Waals surface area (Å²) in [6, 6.07) is 3.35. The molecule has 0 amide bonds. The molecule has 0 fully saturated rings. The van der Waals surface area contributed by atoms with Gasteiger partial charge in [-0.15, -0.1) is 0 Å². The van der Waals surface area contributed by atoms with E-state index in [-0.39, 0.29) is 11.7 Å². The van der Waals surface area contributed by atoms with Crippen LogP contribution in [0.3, 0.4) is 0 Å². The predicted molar refractivity (Wildman–Crippen MR) is 68.6 cm³/mol. The van der Waals surface area contributed by atoms with Gasteiger partial charge in [-0.25, -0.2) is 0 Å². The van der Waals surface area contributed by atoms with E-state index in [4.69, 9.17) is 4.74 Å². The third kappa shape index (κ3) is 4.77. The van der Waals surface area contributed by atoms with E-state index in [0.717, 1.165) is 18.7 Å². The number of hydrogen-bond acceptors (Lipinski definition) is 5. The van der Waals surface area contributed by atoms with Crippen LogP contribution in [0.25, 0.3) is 0 Å². The minimum Gasteiger partial charge on any atom is -0.383 e. The summed E-state index contributed by atoms with van der Waals surface area (Å²) in [4.78, 5) is 14.2. The van der Waals surface area contributed by atoms with Crippen molar-refractivity contribution in [2.45, 2.75) is 25.8 Å². The lowest BCUT2D eigenvalue weighted by molar-refractivity contribution is -0.385. The molecule has 0 aliphatic rings. The molecule has 1 unspecified atom stereocenters. The molecule has 1 aromatic rings. The molecular formula is C12H19N3O3. The summed E-state index contributed by atoms with van der Waals surface area (Å²) in [5, 5.41) is 13.9. The van der Waals surface area contributed by atoms with Crippen LogP contribution in [0.1, 0.15) is 19.0 Å². The summed E-state index contributed by atoms with van der Waals surface area (Å²) >= 11 is 0. The van der Waals surface area contributed by atoms with E-state index in [1.54, 1.807) is 13.2 Å². The van der Waals surface area contributed by atoms with Gasteiger partial charge in [-0.05, 0) is 19.0 Å². The molecule has 0 saturated carbocycles. The van der Waals surface area contributed by atoms with Crippen LogP contribution >= 0.6 is 0 Å². The average Bonchev–Trinajstić information content (AvgIpc) is 2.37. The molecule has 1 N–H and O–H groups in total. The minimum absolute atomic E-state index is 0.0172. The fraction of sp³-hybridized carbons (Fsp3) is 0.583. The van der Waals surface area contributed by atoms with Gasteiger partial charge in [0, 0.05) is 31.3 Å². The van der Waals surface area contributed by atoms with Gasteiger partial charge in [0.1, 0.15) is 6.20 Å². The summed E-state index contributed by atoms with van der Waals surface area (Å²) in [5.74, 6) is 0. The Hall–Kier alpha value is -1.53. The summed E-state index contributed by atoms with van der Waals surface area (Å²) in [7, 11) is 1.66. The molecule has 0 aliphatic heterocycles. The number of ether oxygens (including phenoxy) is 1. The van der Waals surface area contributed by atoms with Crippen molar-refractivity contribution >= 4 is 5.69 Å². The van der Waals surface area contributed by atoms with Crippen LogP contribution in [0.2, 0.25) is 0 Å². The lowest BCUT2D eigenvalue weighted by Crippen LogP contribution is -2.35. The number of rotatable bonds is 8. The number of nitro groups is 1. The van der Waals surface area contributed by atoms with Gasteiger partial charge < -0.3 is 10.1 Å². The van der Waals surface area contributed by atoms with E-state index >= 15 is 0 Å². The molecule has 6 nitrogen and oxygen atoms in total. The average molecular weight is 253 g/mol.